The summed E-state index contributed by atoms with van der Waals surface area (Å²) in [6.45, 7) is 7.59. The maximum atomic E-state index is 11.5. The lowest BCUT2D eigenvalue weighted by Gasteiger charge is -2.38. The van der Waals surface area contributed by atoms with E-state index in [1.807, 2.05) is 6.92 Å². The number of hydrogen-bond donors (Lipinski definition) is 1. The average molecular weight is 256 g/mol. The molecule has 1 rings (SSSR count). The Hall–Kier alpha value is -0.610. The van der Waals surface area contributed by atoms with Gasteiger partial charge in [-0.15, -0.1) is 0 Å². The fourth-order valence-electron chi connectivity index (χ4n) is 2.94. The van der Waals surface area contributed by atoms with E-state index in [1.165, 1.54) is 0 Å². The van der Waals surface area contributed by atoms with Crippen molar-refractivity contribution in [2.75, 3.05) is 13.2 Å². The van der Waals surface area contributed by atoms with Gasteiger partial charge in [0.05, 0.1) is 13.0 Å². The van der Waals surface area contributed by atoms with E-state index in [4.69, 9.17) is 10.5 Å². The van der Waals surface area contributed by atoms with Crippen molar-refractivity contribution in [1.82, 2.24) is 4.90 Å². The zero-order chi connectivity index (χ0) is 13.5. The van der Waals surface area contributed by atoms with Crippen LogP contribution in [0, 0.1) is 0 Å². The fourth-order valence-corrected chi connectivity index (χ4v) is 2.94. The summed E-state index contributed by atoms with van der Waals surface area (Å²) in [5.41, 5.74) is 5.94. The van der Waals surface area contributed by atoms with Gasteiger partial charge in [0.25, 0.3) is 0 Å². The van der Waals surface area contributed by atoms with E-state index in [-0.39, 0.29) is 12.0 Å². The molecule has 1 unspecified atom stereocenters. The van der Waals surface area contributed by atoms with E-state index < -0.39 is 0 Å². The number of nitrogens with two attached hydrogens (primary N) is 1. The van der Waals surface area contributed by atoms with E-state index >= 15 is 0 Å². The maximum absolute atomic E-state index is 11.5. The standard InChI is InChI=1S/C14H28N2O2/c1-4-16(11(3)10-14(17)18-5-2)13-8-6-12(15)7-9-13/h11-13H,4-10,15H2,1-3H3. The summed E-state index contributed by atoms with van der Waals surface area (Å²) < 4.78 is 5.03. The van der Waals surface area contributed by atoms with Gasteiger partial charge in [0.15, 0.2) is 0 Å². The van der Waals surface area contributed by atoms with Crippen molar-refractivity contribution in [1.29, 1.82) is 0 Å². The Labute approximate surface area is 111 Å². The van der Waals surface area contributed by atoms with E-state index in [1.54, 1.807) is 0 Å². The molecule has 1 atom stereocenters. The zero-order valence-corrected chi connectivity index (χ0v) is 12.0. The van der Waals surface area contributed by atoms with Gasteiger partial charge in [-0.1, -0.05) is 6.92 Å². The van der Waals surface area contributed by atoms with E-state index in [9.17, 15) is 4.79 Å². The molecule has 4 nitrogen and oxygen atoms in total. The highest BCUT2D eigenvalue weighted by atomic mass is 16.5. The largest absolute Gasteiger partial charge is 0.466 e. The molecule has 0 heterocycles. The van der Waals surface area contributed by atoms with Gasteiger partial charge in [0.1, 0.15) is 0 Å². The SMILES string of the molecule is CCOC(=O)CC(C)N(CC)C1CCC(N)CC1. The van der Waals surface area contributed by atoms with Crippen molar-refractivity contribution in [2.24, 2.45) is 5.73 Å². The van der Waals surface area contributed by atoms with E-state index in [0.717, 1.165) is 32.2 Å². The summed E-state index contributed by atoms with van der Waals surface area (Å²) in [5.74, 6) is -0.0871. The second-order valence-electron chi connectivity index (χ2n) is 5.26. The second-order valence-corrected chi connectivity index (χ2v) is 5.26. The Balaban J connectivity index is 2.46. The molecular formula is C14H28N2O2. The van der Waals surface area contributed by atoms with Gasteiger partial charge < -0.3 is 10.5 Å². The molecule has 1 aliphatic carbocycles. The van der Waals surface area contributed by atoms with Crippen molar-refractivity contribution in [2.45, 2.75) is 71.0 Å². The van der Waals surface area contributed by atoms with Gasteiger partial charge >= 0.3 is 5.97 Å². The molecule has 0 aliphatic heterocycles. The Morgan fingerprint density at radius 3 is 2.44 bits per heavy atom. The summed E-state index contributed by atoms with van der Waals surface area (Å²) >= 11 is 0. The maximum Gasteiger partial charge on any atom is 0.307 e. The monoisotopic (exact) mass is 256 g/mol. The topological polar surface area (TPSA) is 55.6 Å². The number of ether oxygens (including phenoxy) is 1. The summed E-state index contributed by atoms with van der Waals surface area (Å²) in [6, 6.07) is 1.22. The van der Waals surface area contributed by atoms with Gasteiger partial charge in [-0.25, -0.2) is 0 Å². The molecule has 1 aliphatic rings. The minimum absolute atomic E-state index is 0.0871. The van der Waals surface area contributed by atoms with Gasteiger partial charge in [-0.05, 0) is 46.1 Å². The highest BCUT2D eigenvalue weighted by Gasteiger charge is 2.27. The van der Waals surface area contributed by atoms with Crippen LogP contribution in [0.4, 0.5) is 0 Å². The third kappa shape index (κ3) is 4.58. The molecule has 0 aromatic carbocycles. The number of rotatable bonds is 6. The fraction of sp³-hybridized carbons (Fsp3) is 0.929. The third-order valence-corrected chi connectivity index (χ3v) is 3.91. The highest BCUT2D eigenvalue weighted by molar-refractivity contribution is 5.70. The van der Waals surface area contributed by atoms with Crippen LogP contribution in [0.5, 0.6) is 0 Å². The van der Waals surface area contributed by atoms with Crippen LogP contribution in [0.1, 0.15) is 52.9 Å². The van der Waals surface area contributed by atoms with Crippen molar-refractivity contribution in [3.63, 3.8) is 0 Å². The highest BCUT2D eigenvalue weighted by Crippen LogP contribution is 2.24. The van der Waals surface area contributed by atoms with Crippen LogP contribution in [0.15, 0.2) is 0 Å². The van der Waals surface area contributed by atoms with Crippen LogP contribution < -0.4 is 5.73 Å². The molecule has 106 valence electrons. The van der Waals surface area contributed by atoms with Crippen LogP contribution in [0.3, 0.4) is 0 Å². The van der Waals surface area contributed by atoms with Crippen LogP contribution in [0.25, 0.3) is 0 Å². The summed E-state index contributed by atoms with van der Waals surface area (Å²) in [4.78, 5) is 14.0. The lowest BCUT2D eigenvalue weighted by atomic mass is 9.90. The van der Waals surface area contributed by atoms with Gasteiger partial charge in [-0.2, -0.15) is 0 Å². The number of nitrogens with zero attached hydrogens (tertiary/aromatic N) is 1. The molecule has 0 aromatic heterocycles. The first-order valence-corrected chi connectivity index (χ1v) is 7.25. The van der Waals surface area contributed by atoms with Crippen molar-refractivity contribution >= 4 is 5.97 Å². The zero-order valence-electron chi connectivity index (χ0n) is 12.0. The quantitative estimate of drug-likeness (QED) is 0.738. The molecular weight excluding hydrogens is 228 g/mol. The first-order valence-electron chi connectivity index (χ1n) is 7.25. The smallest absolute Gasteiger partial charge is 0.307 e. The molecule has 1 fully saturated rings. The molecule has 4 heteroatoms. The number of carbonyl (C=O) groups is 1. The minimum atomic E-state index is -0.0871. The Morgan fingerprint density at radius 1 is 1.33 bits per heavy atom. The van der Waals surface area contributed by atoms with Crippen LogP contribution in [-0.4, -0.2) is 42.1 Å². The Kier molecular flexibility index (Phi) is 6.65. The molecule has 0 amide bonds. The average Bonchev–Trinajstić information content (AvgIpc) is 2.32. The molecule has 18 heavy (non-hydrogen) atoms. The molecule has 0 bridgehead atoms. The van der Waals surface area contributed by atoms with Crippen LogP contribution >= 0.6 is 0 Å². The lowest BCUT2D eigenvalue weighted by Crippen LogP contribution is -2.46. The van der Waals surface area contributed by atoms with Crippen molar-refractivity contribution < 1.29 is 9.53 Å². The van der Waals surface area contributed by atoms with E-state index in [0.29, 0.717) is 25.1 Å². The first-order chi connectivity index (χ1) is 8.58. The normalized spacial score (nSPS) is 26.1. The predicted octanol–water partition coefficient (Wildman–Crippen LogP) is 1.92. The molecule has 2 N–H and O–H groups in total. The third-order valence-electron chi connectivity index (χ3n) is 3.91. The Morgan fingerprint density at radius 2 is 1.94 bits per heavy atom. The Bertz CT molecular complexity index is 250. The van der Waals surface area contributed by atoms with Gasteiger partial charge in [0.2, 0.25) is 0 Å². The van der Waals surface area contributed by atoms with E-state index in [2.05, 4.69) is 18.7 Å². The molecule has 0 aromatic rings. The van der Waals surface area contributed by atoms with Crippen molar-refractivity contribution in [3.8, 4) is 0 Å². The summed E-state index contributed by atoms with van der Waals surface area (Å²) in [6.07, 6.45) is 5.01. The first kappa shape index (κ1) is 15.4. The molecule has 0 saturated heterocycles. The second kappa shape index (κ2) is 7.74. The number of esters is 1. The minimum Gasteiger partial charge on any atom is -0.466 e. The molecule has 0 spiro atoms. The van der Waals surface area contributed by atoms with Crippen LogP contribution in [-0.2, 0) is 9.53 Å². The summed E-state index contributed by atoms with van der Waals surface area (Å²) in [7, 11) is 0. The molecule has 1 saturated carbocycles. The number of carbonyl (C=O) groups excluding carboxylic acids is 1. The molecule has 0 radical (unpaired) electrons. The van der Waals surface area contributed by atoms with Crippen molar-refractivity contribution in [3.05, 3.63) is 0 Å². The number of hydrogen-bond acceptors (Lipinski definition) is 4. The predicted molar refractivity (Wildman–Crippen MR) is 73.3 cm³/mol. The summed E-state index contributed by atoms with van der Waals surface area (Å²) in [5, 5.41) is 0. The van der Waals surface area contributed by atoms with Gasteiger partial charge in [0, 0.05) is 18.1 Å². The van der Waals surface area contributed by atoms with Gasteiger partial charge in [-0.3, -0.25) is 9.69 Å². The van der Waals surface area contributed by atoms with Crippen LogP contribution in [0.2, 0.25) is 0 Å². The lowest BCUT2D eigenvalue weighted by molar-refractivity contribution is -0.144.